The molecule has 5 nitrogen and oxygen atoms in total. The molecule has 0 heterocycles. The van der Waals surface area contributed by atoms with E-state index in [-0.39, 0.29) is 5.91 Å². The van der Waals surface area contributed by atoms with Gasteiger partial charge in [0.15, 0.2) is 5.96 Å². The highest BCUT2D eigenvalue weighted by Crippen LogP contribution is 2.12. The van der Waals surface area contributed by atoms with Gasteiger partial charge in [-0.25, -0.2) is 0 Å². The predicted molar refractivity (Wildman–Crippen MR) is 112 cm³/mol. The van der Waals surface area contributed by atoms with Gasteiger partial charge in [0.05, 0.1) is 0 Å². The Hall–Kier alpha value is -2.53. The van der Waals surface area contributed by atoms with Gasteiger partial charge in [-0.2, -0.15) is 0 Å². The van der Waals surface area contributed by atoms with Crippen molar-refractivity contribution in [2.75, 3.05) is 34.7 Å². The van der Waals surface area contributed by atoms with Crippen molar-refractivity contribution in [1.29, 1.82) is 0 Å². The first-order valence-electron chi connectivity index (χ1n) is 8.87. The van der Waals surface area contributed by atoms with Gasteiger partial charge in [0, 0.05) is 51.9 Å². The van der Waals surface area contributed by atoms with E-state index < -0.39 is 0 Å². The average molecular weight is 387 g/mol. The van der Waals surface area contributed by atoms with Crippen LogP contribution in [-0.4, -0.2) is 56.4 Å². The maximum absolute atomic E-state index is 12.1. The van der Waals surface area contributed by atoms with E-state index in [1.165, 1.54) is 0 Å². The minimum atomic E-state index is 0.0156. The highest BCUT2D eigenvalue weighted by Gasteiger charge is 2.09. The third-order valence-electron chi connectivity index (χ3n) is 4.16. The number of nitrogens with one attached hydrogen (secondary N) is 1. The molecule has 0 unspecified atom stereocenters. The topological polar surface area (TPSA) is 47.9 Å². The van der Waals surface area contributed by atoms with E-state index in [1.807, 2.05) is 55.6 Å². The molecule has 0 aliphatic rings. The van der Waals surface area contributed by atoms with Crippen LogP contribution < -0.4 is 5.32 Å². The maximum atomic E-state index is 12.1. The summed E-state index contributed by atoms with van der Waals surface area (Å²) in [5.41, 5.74) is 2.95. The summed E-state index contributed by atoms with van der Waals surface area (Å²) in [7, 11) is 7.28. The fourth-order valence-corrected chi connectivity index (χ4v) is 3.02. The summed E-state index contributed by atoms with van der Waals surface area (Å²) in [6, 6.07) is 15.6. The largest absolute Gasteiger partial charge is 0.356 e. The molecule has 0 spiro atoms. The third kappa shape index (κ3) is 6.29. The van der Waals surface area contributed by atoms with Gasteiger partial charge in [-0.3, -0.25) is 9.79 Å². The number of hydrogen-bond donors (Lipinski definition) is 1. The first-order chi connectivity index (χ1) is 12.9. The lowest BCUT2D eigenvalue weighted by Crippen LogP contribution is -2.39. The molecule has 0 atom stereocenters. The second-order valence-corrected chi connectivity index (χ2v) is 7.05. The molecule has 1 N–H and O–H groups in total. The van der Waals surface area contributed by atoms with Crippen molar-refractivity contribution in [3.05, 3.63) is 70.2 Å². The second-order valence-electron chi connectivity index (χ2n) is 6.61. The number of halogens is 1. The normalized spacial score (nSPS) is 11.2. The number of hydrogen-bond acceptors (Lipinski definition) is 2. The van der Waals surface area contributed by atoms with E-state index >= 15 is 0 Å². The molecule has 2 aromatic carbocycles. The van der Waals surface area contributed by atoms with E-state index in [1.54, 1.807) is 26.0 Å². The van der Waals surface area contributed by atoms with Crippen LogP contribution in [0.2, 0.25) is 5.02 Å². The van der Waals surface area contributed by atoms with Gasteiger partial charge < -0.3 is 15.1 Å². The number of benzene rings is 2. The fraction of sp³-hybridized carbons (Fsp3) is 0.333. The number of rotatable bonds is 6. The Labute approximate surface area is 166 Å². The highest BCUT2D eigenvalue weighted by molar-refractivity contribution is 6.30. The van der Waals surface area contributed by atoms with Crippen LogP contribution in [0.5, 0.6) is 0 Å². The van der Waals surface area contributed by atoms with E-state index in [9.17, 15) is 4.79 Å². The third-order valence-corrected chi connectivity index (χ3v) is 4.39. The number of carbonyl (C=O) groups is 1. The molecule has 0 saturated carbocycles. The predicted octanol–water partition coefficient (Wildman–Crippen LogP) is 3.29. The van der Waals surface area contributed by atoms with E-state index in [0.717, 1.165) is 35.1 Å². The zero-order valence-electron chi connectivity index (χ0n) is 16.4. The van der Waals surface area contributed by atoms with Gasteiger partial charge in [-0.15, -0.1) is 0 Å². The quantitative estimate of drug-likeness (QED) is 0.612. The Morgan fingerprint density at radius 2 is 1.78 bits per heavy atom. The van der Waals surface area contributed by atoms with Crippen molar-refractivity contribution in [2.45, 2.75) is 13.0 Å². The van der Waals surface area contributed by atoms with Gasteiger partial charge in [0.2, 0.25) is 0 Å². The van der Waals surface area contributed by atoms with Gasteiger partial charge >= 0.3 is 0 Å². The SMILES string of the molecule is CN=C(NCCc1cccc(C(=O)N(C)C)c1)N(C)Cc1cccc(Cl)c1. The van der Waals surface area contributed by atoms with E-state index in [4.69, 9.17) is 11.6 Å². The zero-order chi connectivity index (χ0) is 19.8. The van der Waals surface area contributed by atoms with Crippen LogP contribution in [0, 0.1) is 0 Å². The molecule has 6 heteroatoms. The van der Waals surface area contributed by atoms with Crippen LogP contribution in [0.25, 0.3) is 0 Å². The summed E-state index contributed by atoms with van der Waals surface area (Å²) in [5, 5.41) is 4.10. The van der Waals surface area contributed by atoms with Crippen molar-refractivity contribution in [3.63, 3.8) is 0 Å². The Morgan fingerprint density at radius 1 is 1.07 bits per heavy atom. The van der Waals surface area contributed by atoms with Crippen LogP contribution >= 0.6 is 11.6 Å². The van der Waals surface area contributed by atoms with Gasteiger partial charge in [0.25, 0.3) is 5.91 Å². The van der Waals surface area contributed by atoms with Crippen molar-refractivity contribution in [1.82, 2.24) is 15.1 Å². The Balaban J connectivity index is 1.91. The zero-order valence-corrected chi connectivity index (χ0v) is 17.1. The van der Waals surface area contributed by atoms with E-state index in [2.05, 4.69) is 15.2 Å². The number of guanidine groups is 1. The number of amides is 1. The fourth-order valence-electron chi connectivity index (χ4n) is 2.81. The van der Waals surface area contributed by atoms with Gasteiger partial charge in [0.1, 0.15) is 0 Å². The second kappa shape index (κ2) is 9.97. The number of aliphatic imine (C=N–C) groups is 1. The first kappa shape index (κ1) is 20.8. The molecule has 0 fully saturated rings. The Kier molecular flexibility index (Phi) is 7.67. The standard InChI is InChI=1S/C21H27ClN4O/c1-23-21(26(4)15-17-8-6-10-19(22)14-17)24-12-11-16-7-5-9-18(13-16)20(27)25(2)3/h5-10,13-14H,11-12,15H2,1-4H3,(H,23,24). The lowest BCUT2D eigenvalue weighted by Gasteiger charge is -2.22. The van der Waals surface area contributed by atoms with E-state index in [0.29, 0.717) is 12.1 Å². The monoisotopic (exact) mass is 386 g/mol. The van der Waals surface area contributed by atoms with Crippen LogP contribution in [-0.2, 0) is 13.0 Å². The van der Waals surface area contributed by atoms with Crippen LogP contribution in [0.3, 0.4) is 0 Å². The van der Waals surface area contributed by atoms with Crippen LogP contribution in [0.15, 0.2) is 53.5 Å². The molecular weight excluding hydrogens is 360 g/mol. The van der Waals surface area contributed by atoms with Crippen molar-refractivity contribution in [2.24, 2.45) is 4.99 Å². The minimum absolute atomic E-state index is 0.0156. The summed E-state index contributed by atoms with van der Waals surface area (Å²) in [5.74, 6) is 0.831. The lowest BCUT2D eigenvalue weighted by atomic mass is 10.1. The molecule has 144 valence electrons. The minimum Gasteiger partial charge on any atom is -0.356 e. The molecule has 27 heavy (non-hydrogen) atoms. The molecule has 2 aromatic rings. The lowest BCUT2D eigenvalue weighted by molar-refractivity contribution is 0.0827. The molecule has 0 radical (unpaired) electrons. The summed E-state index contributed by atoms with van der Waals surface area (Å²) >= 11 is 6.06. The summed E-state index contributed by atoms with van der Waals surface area (Å²) in [4.78, 5) is 20.1. The summed E-state index contributed by atoms with van der Waals surface area (Å²) in [6.45, 7) is 1.44. The number of nitrogens with zero attached hydrogens (tertiary/aromatic N) is 3. The Bertz CT molecular complexity index is 804. The molecule has 1 amide bonds. The summed E-state index contributed by atoms with van der Waals surface area (Å²) in [6.07, 6.45) is 0.804. The molecule has 0 aliphatic carbocycles. The van der Waals surface area contributed by atoms with Gasteiger partial charge in [-0.1, -0.05) is 35.9 Å². The first-order valence-corrected chi connectivity index (χ1v) is 9.25. The smallest absolute Gasteiger partial charge is 0.253 e. The molecule has 0 saturated heterocycles. The molecule has 0 aliphatic heterocycles. The van der Waals surface area contributed by atoms with Crippen molar-refractivity contribution < 1.29 is 4.79 Å². The van der Waals surface area contributed by atoms with Crippen molar-refractivity contribution in [3.8, 4) is 0 Å². The van der Waals surface area contributed by atoms with Crippen LogP contribution in [0.1, 0.15) is 21.5 Å². The average Bonchev–Trinajstić information content (AvgIpc) is 2.64. The maximum Gasteiger partial charge on any atom is 0.253 e. The van der Waals surface area contributed by atoms with Gasteiger partial charge in [-0.05, 0) is 41.8 Å². The Morgan fingerprint density at radius 3 is 2.44 bits per heavy atom. The number of carbonyl (C=O) groups excluding carboxylic acids is 1. The molecule has 0 aromatic heterocycles. The van der Waals surface area contributed by atoms with Crippen LogP contribution in [0.4, 0.5) is 0 Å². The molecule has 2 rings (SSSR count). The van der Waals surface area contributed by atoms with Crippen molar-refractivity contribution >= 4 is 23.5 Å². The summed E-state index contributed by atoms with van der Waals surface area (Å²) < 4.78 is 0. The molecular formula is C21H27ClN4O. The highest BCUT2D eigenvalue weighted by atomic mass is 35.5. The molecule has 0 bridgehead atoms.